The molecule has 2 aromatic heterocycles. The first-order chi connectivity index (χ1) is 6.68. The van der Waals surface area contributed by atoms with E-state index in [2.05, 4.69) is 23.9 Å². The molecule has 0 aliphatic heterocycles. The maximum absolute atomic E-state index is 6.01. The zero-order valence-corrected chi connectivity index (χ0v) is 8.99. The zero-order valence-electron chi connectivity index (χ0n) is 8.24. The van der Waals surface area contributed by atoms with Crippen LogP contribution < -0.4 is 0 Å². The molecular weight excluding hydrogens is 198 g/mol. The number of hydrogen-bond acceptors (Lipinski definition) is 2. The average Bonchev–Trinajstić information content (AvgIpc) is 2.49. The van der Waals surface area contributed by atoms with Gasteiger partial charge in [-0.3, -0.25) is 0 Å². The number of halogens is 1. The van der Waals surface area contributed by atoms with Gasteiger partial charge in [0.15, 0.2) is 5.65 Å². The number of nitrogens with zero attached hydrogens (tertiary/aromatic N) is 3. The van der Waals surface area contributed by atoms with Crippen molar-refractivity contribution in [2.75, 3.05) is 0 Å². The molecule has 0 radical (unpaired) electrons. The fourth-order valence-electron chi connectivity index (χ4n) is 1.43. The van der Waals surface area contributed by atoms with Gasteiger partial charge in [-0.15, -0.1) is 0 Å². The standard InChI is InChI=1S/C10H12ClN3/c1-7(2)6-14-10-8(5-13-14)9(11)3-4-12-10/h3-5,7H,6H2,1-2H3. The van der Waals surface area contributed by atoms with Crippen molar-refractivity contribution in [1.82, 2.24) is 14.8 Å². The van der Waals surface area contributed by atoms with E-state index in [0.29, 0.717) is 10.9 Å². The summed E-state index contributed by atoms with van der Waals surface area (Å²) in [5.74, 6) is 0.555. The van der Waals surface area contributed by atoms with E-state index in [1.165, 1.54) is 0 Å². The van der Waals surface area contributed by atoms with Crippen LogP contribution in [0.25, 0.3) is 11.0 Å². The molecule has 2 aromatic rings. The Bertz CT molecular complexity index is 448. The molecule has 0 saturated heterocycles. The zero-order chi connectivity index (χ0) is 10.1. The van der Waals surface area contributed by atoms with Crippen molar-refractivity contribution in [3.63, 3.8) is 0 Å². The second kappa shape index (κ2) is 3.58. The Hall–Kier alpha value is -1.09. The minimum atomic E-state index is 0.555. The largest absolute Gasteiger partial charge is 0.247 e. The Morgan fingerprint density at radius 2 is 2.29 bits per heavy atom. The van der Waals surface area contributed by atoms with E-state index in [-0.39, 0.29) is 0 Å². The van der Waals surface area contributed by atoms with Gasteiger partial charge in [-0.2, -0.15) is 5.10 Å². The highest BCUT2D eigenvalue weighted by Crippen LogP contribution is 2.20. The van der Waals surface area contributed by atoms with Gasteiger partial charge in [-0.05, 0) is 12.0 Å². The number of fused-ring (bicyclic) bond motifs is 1. The fourth-order valence-corrected chi connectivity index (χ4v) is 1.62. The Morgan fingerprint density at radius 1 is 1.50 bits per heavy atom. The predicted octanol–water partition coefficient (Wildman–Crippen LogP) is 2.74. The summed E-state index contributed by atoms with van der Waals surface area (Å²) in [6.07, 6.45) is 3.48. The van der Waals surface area contributed by atoms with Crippen LogP contribution in [0, 0.1) is 5.92 Å². The third-order valence-corrected chi connectivity index (χ3v) is 2.35. The number of pyridine rings is 1. The summed E-state index contributed by atoms with van der Waals surface area (Å²) in [6.45, 7) is 5.17. The summed E-state index contributed by atoms with van der Waals surface area (Å²) in [6, 6.07) is 1.78. The summed E-state index contributed by atoms with van der Waals surface area (Å²) in [5.41, 5.74) is 0.867. The summed E-state index contributed by atoms with van der Waals surface area (Å²) < 4.78 is 1.89. The van der Waals surface area contributed by atoms with Crippen molar-refractivity contribution in [2.24, 2.45) is 5.92 Å². The van der Waals surface area contributed by atoms with E-state index in [1.54, 1.807) is 18.5 Å². The lowest BCUT2D eigenvalue weighted by atomic mass is 10.2. The molecular formula is C10H12ClN3. The molecule has 14 heavy (non-hydrogen) atoms. The number of rotatable bonds is 2. The first kappa shape index (κ1) is 9.46. The molecule has 0 unspecified atom stereocenters. The van der Waals surface area contributed by atoms with Gasteiger partial charge in [0.05, 0.1) is 16.6 Å². The minimum Gasteiger partial charge on any atom is -0.247 e. The quantitative estimate of drug-likeness (QED) is 0.762. The van der Waals surface area contributed by atoms with Crippen LogP contribution in [-0.2, 0) is 6.54 Å². The van der Waals surface area contributed by atoms with Gasteiger partial charge in [0, 0.05) is 12.7 Å². The number of aromatic nitrogens is 3. The van der Waals surface area contributed by atoms with Crippen molar-refractivity contribution in [3.8, 4) is 0 Å². The van der Waals surface area contributed by atoms with Gasteiger partial charge in [-0.25, -0.2) is 9.67 Å². The summed E-state index contributed by atoms with van der Waals surface area (Å²) in [4.78, 5) is 4.27. The van der Waals surface area contributed by atoms with Gasteiger partial charge in [0.2, 0.25) is 0 Å². The lowest BCUT2D eigenvalue weighted by Crippen LogP contribution is -2.06. The third kappa shape index (κ3) is 1.60. The second-order valence-corrected chi connectivity index (χ2v) is 4.16. The predicted molar refractivity (Wildman–Crippen MR) is 57.4 cm³/mol. The van der Waals surface area contributed by atoms with E-state index < -0.39 is 0 Å². The van der Waals surface area contributed by atoms with E-state index in [1.807, 2.05) is 4.68 Å². The first-order valence-corrected chi connectivity index (χ1v) is 5.02. The lowest BCUT2D eigenvalue weighted by Gasteiger charge is -2.05. The van der Waals surface area contributed by atoms with E-state index in [4.69, 9.17) is 11.6 Å². The third-order valence-electron chi connectivity index (χ3n) is 2.02. The molecule has 0 N–H and O–H groups in total. The Morgan fingerprint density at radius 3 is 3.00 bits per heavy atom. The molecule has 4 heteroatoms. The van der Waals surface area contributed by atoms with Crippen molar-refractivity contribution in [3.05, 3.63) is 23.5 Å². The van der Waals surface area contributed by atoms with Crippen LogP contribution in [-0.4, -0.2) is 14.8 Å². The molecule has 0 atom stereocenters. The summed E-state index contributed by atoms with van der Waals surface area (Å²) in [7, 11) is 0. The van der Waals surface area contributed by atoms with Gasteiger partial charge < -0.3 is 0 Å². The molecule has 0 aromatic carbocycles. The van der Waals surface area contributed by atoms with Crippen LogP contribution in [0.5, 0.6) is 0 Å². The monoisotopic (exact) mass is 209 g/mol. The normalized spacial score (nSPS) is 11.4. The molecule has 0 aliphatic carbocycles. The lowest BCUT2D eigenvalue weighted by molar-refractivity contribution is 0.492. The topological polar surface area (TPSA) is 30.7 Å². The van der Waals surface area contributed by atoms with Crippen LogP contribution in [0.15, 0.2) is 18.5 Å². The van der Waals surface area contributed by atoms with Crippen LogP contribution in [0.4, 0.5) is 0 Å². The van der Waals surface area contributed by atoms with Gasteiger partial charge in [-0.1, -0.05) is 25.4 Å². The molecule has 0 bridgehead atoms. The van der Waals surface area contributed by atoms with Crippen LogP contribution in [0.1, 0.15) is 13.8 Å². The van der Waals surface area contributed by atoms with Crippen molar-refractivity contribution in [1.29, 1.82) is 0 Å². The SMILES string of the molecule is CC(C)Cn1ncc2c(Cl)ccnc21. The molecule has 0 amide bonds. The van der Waals surface area contributed by atoms with Gasteiger partial charge in [0.25, 0.3) is 0 Å². The average molecular weight is 210 g/mol. The van der Waals surface area contributed by atoms with Crippen LogP contribution in [0.3, 0.4) is 0 Å². The van der Waals surface area contributed by atoms with Crippen molar-refractivity contribution < 1.29 is 0 Å². The highest BCUT2D eigenvalue weighted by Gasteiger charge is 2.07. The molecule has 0 spiro atoms. The van der Waals surface area contributed by atoms with Gasteiger partial charge >= 0.3 is 0 Å². The van der Waals surface area contributed by atoms with Gasteiger partial charge in [0.1, 0.15) is 0 Å². The molecule has 0 saturated carbocycles. The maximum atomic E-state index is 6.01. The molecule has 74 valence electrons. The highest BCUT2D eigenvalue weighted by molar-refractivity contribution is 6.35. The molecule has 0 aliphatic rings. The Kier molecular flexibility index (Phi) is 2.42. The summed E-state index contributed by atoms with van der Waals surface area (Å²) in [5, 5.41) is 5.90. The van der Waals surface area contributed by atoms with E-state index in [0.717, 1.165) is 17.6 Å². The van der Waals surface area contributed by atoms with E-state index in [9.17, 15) is 0 Å². The smallest absolute Gasteiger partial charge is 0.159 e. The van der Waals surface area contributed by atoms with Crippen molar-refractivity contribution in [2.45, 2.75) is 20.4 Å². The molecule has 2 heterocycles. The highest BCUT2D eigenvalue weighted by atomic mass is 35.5. The van der Waals surface area contributed by atoms with Crippen LogP contribution in [0.2, 0.25) is 5.02 Å². The summed E-state index contributed by atoms with van der Waals surface area (Å²) >= 11 is 6.01. The number of hydrogen-bond donors (Lipinski definition) is 0. The first-order valence-electron chi connectivity index (χ1n) is 4.64. The second-order valence-electron chi connectivity index (χ2n) is 3.75. The molecule has 0 fully saturated rings. The maximum Gasteiger partial charge on any atom is 0.159 e. The Labute approximate surface area is 87.7 Å². The molecule has 3 nitrogen and oxygen atoms in total. The minimum absolute atomic E-state index is 0.555. The van der Waals surface area contributed by atoms with Crippen LogP contribution >= 0.6 is 11.6 Å². The van der Waals surface area contributed by atoms with Crippen molar-refractivity contribution >= 4 is 22.6 Å². The Balaban J connectivity index is 2.52. The van der Waals surface area contributed by atoms with E-state index >= 15 is 0 Å². The molecule has 2 rings (SSSR count). The fraction of sp³-hybridized carbons (Fsp3) is 0.400.